The molecule has 0 fully saturated rings. The Balaban J connectivity index is 2.22. The van der Waals surface area contributed by atoms with Gasteiger partial charge in [0.05, 0.1) is 11.6 Å². The highest BCUT2D eigenvalue weighted by atomic mass is 79.9. The number of hydrogen-bond acceptors (Lipinski definition) is 2. The van der Waals surface area contributed by atoms with Gasteiger partial charge in [-0.2, -0.15) is 0 Å². The zero-order valence-corrected chi connectivity index (χ0v) is 12.8. The van der Waals surface area contributed by atoms with Crippen molar-refractivity contribution in [1.29, 1.82) is 0 Å². The van der Waals surface area contributed by atoms with Crippen LogP contribution in [0, 0.1) is 0 Å². The van der Waals surface area contributed by atoms with Crippen molar-refractivity contribution in [1.82, 2.24) is 0 Å². The van der Waals surface area contributed by atoms with Crippen LogP contribution in [0.2, 0.25) is 5.02 Å². The summed E-state index contributed by atoms with van der Waals surface area (Å²) < 4.78 is 6.19. The smallest absolute Gasteiger partial charge is 0.119 e. The van der Waals surface area contributed by atoms with Crippen molar-refractivity contribution in [2.24, 2.45) is 0 Å². The van der Waals surface area contributed by atoms with Crippen molar-refractivity contribution < 1.29 is 9.84 Å². The number of benzene rings is 2. The first-order valence-electron chi connectivity index (χ1n) is 5.97. The number of rotatable bonds is 4. The molecule has 2 aromatic carbocycles. The van der Waals surface area contributed by atoms with Gasteiger partial charge in [0.2, 0.25) is 0 Å². The fraction of sp³-hybridized carbons (Fsp3) is 0.200. The molecule has 0 aliphatic rings. The highest BCUT2D eigenvalue weighted by molar-refractivity contribution is 9.10. The van der Waals surface area contributed by atoms with Gasteiger partial charge in [-0.3, -0.25) is 0 Å². The monoisotopic (exact) mass is 340 g/mol. The van der Waals surface area contributed by atoms with Crippen LogP contribution in [0.5, 0.6) is 5.75 Å². The lowest BCUT2D eigenvalue weighted by molar-refractivity contribution is 0.220. The van der Waals surface area contributed by atoms with Gasteiger partial charge in [-0.25, -0.2) is 0 Å². The summed E-state index contributed by atoms with van der Waals surface area (Å²) in [6.07, 6.45) is -0.693. The summed E-state index contributed by atoms with van der Waals surface area (Å²) >= 11 is 9.37. The molecule has 2 nitrogen and oxygen atoms in total. The average molecular weight is 342 g/mol. The third kappa shape index (κ3) is 3.50. The SMILES string of the molecule is CCOc1ccc(C(O)c2ccc(Br)c(Cl)c2)cc1. The first-order chi connectivity index (χ1) is 9.11. The van der Waals surface area contributed by atoms with E-state index in [1.807, 2.05) is 43.3 Å². The molecule has 0 amide bonds. The first-order valence-corrected chi connectivity index (χ1v) is 7.14. The number of ether oxygens (including phenoxy) is 1. The molecule has 0 bridgehead atoms. The number of halogens is 2. The van der Waals surface area contributed by atoms with Gasteiger partial charge in [0.25, 0.3) is 0 Å². The van der Waals surface area contributed by atoms with Gasteiger partial charge < -0.3 is 9.84 Å². The van der Waals surface area contributed by atoms with Crippen LogP contribution in [-0.2, 0) is 0 Å². The molecular weight excluding hydrogens is 328 g/mol. The van der Waals surface area contributed by atoms with Crippen LogP contribution >= 0.6 is 27.5 Å². The minimum atomic E-state index is -0.693. The second kappa shape index (κ2) is 6.42. The zero-order chi connectivity index (χ0) is 13.8. The van der Waals surface area contributed by atoms with Gasteiger partial charge in [-0.15, -0.1) is 0 Å². The Hall–Kier alpha value is -1.03. The molecule has 2 aromatic rings. The van der Waals surface area contributed by atoms with Crippen molar-refractivity contribution >= 4 is 27.5 Å². The molecule has 1 N–H and O–H groups in total. The molecule has 0 heterocycles. The molecular formula is C15H14BrClO2. The number of aliphatic hydroxyl groups is 1. The largest absolute Gasteiger partial charge is 0.494 e. The van der Waals surface area contributed by atoms with Gasteiger partial charge in [0.15, 0.2) is 0 Å². The van der Waals surface area contributed by atoms with Gasteiger partial charge in [0, 0.05) is 4.47 Å². The Bertz CT molecular complexity index is 555. The van der Waals surface area contributed by atoms with Crippen LogP contribution in [0.25, 0.3) is 0 Å². The summed E-state index contributed by atoms with van der Waals surface area (Å²) in [4.78, 5) is 0. The summed E-state index contributed by atoms with van der Waals surface area (Å²) in [6.45, 7) is 2.57. The molecule has 1 atom stereocenters. The van der Waals surface area contributed by atoms with Crippen LogP contribution in [0.4, 0.5) is 0 Å². The Morgan fingerprint density at radius 1 is 1.16 bits per heavy atom. The molecule has 0 aromatic heterocycles. The predicted octanol–water partition coefficient (Wildman–Crippen LogP) is 4.58. The lowest BCUT2D eigenvalue weighted by Crippen LogP contribution is -2.00. The van der Waals surface area contributed by atoms with E-state index in [1.54, 1.807) is 6.07 Å². The predicted molar refractivity (Wildman–Crippen MR) is 80.8 cm³/mol. The highest BCUT2D eigenvalue weighted by Gasteiger charge is 2.11. The highest BCUT2D eigenvalue weighted by Crippen LogP contribution is 2.29. The van der Waals surface area contributed by atoms with Crippen LogP contribution in [-0.4, -0.2) is 11.7 Å². The standard InChI is InChI=1S/C15H14BrClO2/c1-2-19-12-6-3-10(4-7-12)15(18)11-5-8-13(16)14(17)9-11/h3-9,15,18H,2H2,1H3. The van der Waals surface area contributed by atoms with Crippen molar-refractivity contribution in [2.75, 3.05) is 6.61 Å². The molecule has 0 aliphatic carbocycles. The third-order valence-corrected chi connectivity index (χ3v) is 4.00. The lowest BCUT2D eigenvalue weighted by Gasteiger charge is -2.13. The molecule has 4 heteroatoms. The van der Waals surface area contributed by atoms with E-state index < -0.39 is 6.10 Å². The fourth-order valence-corrected chi connectivity index (χ4v) is 2.22. The molecule has 2 rings (SSSR count). The molecule has 0 saturated heterocycles. The minimum Gasteiger partial charge on any atom is -0.494 e. The molecule has 1 unspecified atom stereocenters. The summed E-state index contributed by atoms with van der Waals surface area (Å²) in [6, 6.07) is 12.8. The molecule has 0 spiro atoms. The maximum atomic E-state index is 10.3. The third-order valence-electron chi connectivity index (χ3n) is 2.77. The van der Waals surface area contributed by atoms with Crippen molar-refractivity contribution in [3.8, 4) is 5.75 Å². The second-order valence-electron chi connectivity index (χ2n) is 4.08. The van der Waals surface area contributed by atoms with E-state index in [-0.39, 0.29) is 0 Å². The van der Waals surface area contributed by atoms with E-state index in [4.69, 9.17) is 16.3 Å². The van der Waals surface area contributed by atoms with Gasteiger partial charge in [-0.05, 0) is 58.2 Å². The zero-order valence-electron chi connectivity index (χ0n) is 10.4. The Morgan fingerprint density at radius 3 is 2.37 bits per heavy atom. The second-order valence-corrected chi connectivity index (χ2v) is 5.34. The van der Waals surface area contributed by atoms with Gasteiger partial charge in [-0.1, -0.05) is 29.8 Å². The van der Waals surface area contributed by atoms with E-state index >= 15 is 0 Å². The van der Waals surface area contributed by atoms with Crippen LogP contribution < -0.4 is 4.74 Å². The van der Waals surface area contributed by atoms with Crippen LogP contribution in [0.15, 0.2) is 46.9 Å². The van der Waals surface area contributed by atoms with E-state index in [9.17, 15) is 5.11 Å². The molecule has 19 heavy (non-hydrogen) atoms. The normalized spacial score (nSPS) is 12.2. The van der Waals surface area contributed by atoms with E-state index in [0.29, 0.717) is 11.6 Å². The lowest BCUT2D eigenvalue weighted by atomic mass is 10.0. The van der Waals surface area contributed by atoms with Crippen molar-refractivity contribution in [3.63, 3.8) is 0 Å². The summed E-state index contributed by atoms with van der Waals surface area (Å²) in [5, 5.41) is 10.9. The van der Waals surface area contributed by atoms with E-state index in [0.717, 1.165) is 21.3 Å². The minimum absolute atomic E-state index is 0.586. The summed E-state index contributed by atoms with van der Waals surface area (Å²) in [7, 11) is 0. The molecule has 0 radical (unpaired) electrons. The Labute approximate surface area is 126 Å². The van der Waals surface area contributed by atoms with E-state index in [1.165, 1.54) is 0 Å². The van der Waals surface area contributed by atoms with Crippen LogP contribution in [0.3, 0.4) is 0 Å². The Morgan fingerprint density at radius 2 is 1.79 bits per heavy atom. The first kappa shape index (κ1) is 14.4. The molecule has 0 aliphatic heterocycles. The Kier molecular flexibility index (Phi) is 4.86. The van der Waals surface area contributed by atoms with Crippen molar-refractivity contribution in [3.05, 3.63) is 63.1 Å². The summed E-state index contributed by atoms with van der Waals surface area (Å²) in [5.74, 6) is 0.798. The fourth-order valence-electron chi connectivity index (χ4n) is 1.79. The topological polar surface area (TPSA) is 29.5 Å². The van der Waals surface area contributed by atoms with E-state index in [2.05, 4.69) is 15.9 Å². The number of hydrogen-bond donors (Lipinski definition) is 1. The maximum Gasteiger partial charge on any atom is 0.119 e. The molecule has 0 saturated carbocycles. The quantitative estimate of drug-likeness (QED) is 0.882. The molecule has 100 valence electrons. The average Bonchev–Trinajstić information content (AvgIpc) is 2.42. The van der Waals surface area contributed by atoms with Gasteiger partial charge in [0.1, 0.15) is 11.9 Å². The van der Waals surface area contributed by atoms with Crippen molar-refractivity contribution in [2.45, 2.75) is 13.0 Å². The maximum absolute atomic E-state index is 10.3. The number of aliphatic hydroxyl groups excluding tert-OH is 1. The van der Waals surface area contributed by atoms with Gasteiger partial charge >= 0.3 is 0 Å². The summed E-state index contributed by atoms with van der Waals surface area (Å²) in [5.41, 5.74) is 1.57. The van der Waals surface area contributed by atoms with Crippen LogP contribution in [0.1, 0.15) is 24.2 Å².